The lowest BCUT2D eigenvalue weighted by molar-refractivity contribution is 0.659. The van der Waals surface area contributed by atoms with Gasteiger partial charge in [-0.15, -0.1) is 0 Å². The Morgan fingerprint density at radius 3 is 2.08 bits per heavy atom. The molecular weight excluding hydrogens is 176 g/mol. The van der Waals surface area contributed by atoms with Gasteiger partial charge in [0.1, 0.15) is 0 Å². The fourth-order valence-corrected chi connectivity index (χ4v) is 2.31. The maximum Gasteiger partial charge on any atom is -0.00675 e. The molecule has 0 amide bonds. The van der Waals surface area contributed by atoms with E-state index >= 15 is 0 Å². The number of rotatable bonds is 10. The summed E-state index contributed by atoms with van der Waals surface area (Å²) in [4.78, 5) is 0. The molecule has 0 fully saturated rings. The van der Waals surface area contributed by atoms with Crippen molar-refractivity contribution in [2.75, 3.05) is 11.5 Å². The Balaban J connectivity index is 2.76. The molecule has 0 nitrogen and oxygen atoms in total. The van der Waals surface area contributed by atoms with E-state index in [0.29, 0.717) is 0 Å². The van der Waals surface area contributed by atoms with Crippen molar-refractivity contribution < 1.29 is 0 Å². The molecule has 0 saturated carbocycles. The SMILES string of the molecule is [CH2]CCCCSCCCCCCC. The molecule has 0 atom stereocenters. The third-order valence-electron chi connectivity index (χ3n) is 2.18. The summed E-state index contributed by atoms with van der Waals surface area (Å²) in [7, 11) is 0. The molecular formula is C12H25S. The van der Waals surface area contributed by atoms with Crippen molar-refractivity contribution in [2.24, 2.45) is 0 Å². The van der Waals surface area contributed by atoms with Crippen molar-refractivity contribution in [3.8, 4) is 0 Å². The minimum Gasteiger partial charge on any atom is -0.162 e. The number of thioether (sulfide) groups is 1. The van der Waals surface area contributed by atoms with Crippen LogP contribution in [0.5, 0.6) is 0 Å². The summed E-state index contributed by atoms with van der Waals surface area (Å²) >= 11 is 2.12. The Morgan fingerprint density at radius 1 is 0.846 bits per heavy atom. The van der Waals surface area contributed by atoms with Crippen molar-refractivity contribution in [1.82, 2.24) is 0 Å². The summed E-state index contributed by atoms with van der Waals surface area (Å²) in [5.74, 6) is 2.73. The molecule has 0 saturated heterocycles. The van der Waals surface area contributed by atoms with Gasteiger partial charge in [0.05, 0.1) is 0 Å². The van der Waals surface area contributed by atoms with Crippen LogP contribution >= 0.6 is 11.8 Å². The smallest absolute Gasteiger partial charge is 0.00675 e. The quantitative estimate of drug-likeness (QED) is 0.462. The Bertz CT molecular complexity index is 71.2. The molecule has 0 aromatic heterocycles. The summed E-state index contributed by atoms with van der Waals surface area (Å²) in [6, 6.07) is 0. The first-order valence-electron chi connectivity index (χ1n) is 5.78. The number of hydrogen-bond donors (Lipinski definition) is 0. The minimum absolute atomic E-state index is 1.11. The largest absolute Gasteiger partial charge is 0.162 e. The molecule has 0 unspecified atom stereocenters. The van der Waals surface area contributed by atoms with Crippen LogP contribution < -0.4 is 0 Å². The molecule has 0 rings (SSSR count). The maximum atomic E-state index is 3.84. The van der Waals surface area contributed by atoms with E-state index in [1.165, 1.54) is 56.5 Å². The maximum absolute atomic E-state index is 3.84. The Morgan fingerprint density at radius 2 is 1.46 bits per heavy atom. The molecule has 0 aromatic carbocycles. The monoisotopic (exact) mass is 201 g/mol. The van der Waals surface area contributed by atoms with E-state index in [4.69, 9.17) is 0 Å². The summed E-state index contributed by atoms with van der Waals surface area (Å²) in [6.45, 7) is 6.12. The van der Waals surface area contributed by atoms with Gasteiger partial charge in [-0.05, 0) is 24.3 Å². The van der Waals surface area contributed by atoms with Crippen molar-refractivity contribution in [3.63, 3.8) is 0 Å². The van der Waals surface area contributed by atoms with Crippen LogP contribution in [0.15, 0.2) is 0 Å². The highest BCUT2D eigenvalue weighted by Crippen LogP contribution is 2.10. The first-order valence-corrected chi connectivity index (χ1v) is 6.94. The highest BCUT2D eigenvalue weighted by Gasteiger charge is 1.91. The zero-order valence-electron chi connectivity index (χ0n) is 9.19. The summed E-state index contributed by atoms with van der Waals surface area (Å²) in [5, 5.41) is 0. The van der Waals surface area contributed by atoms with Crippen molar-refractivity contribution in [1.29, 1.82) is 0 Å². The summed E-state index contributed by atoms with van der Waals surface area (Å²) in [5.41, 5.74) is 0. The lowest BCUT2D eigenvalue weighted by Crippen LogP contribution is -1.85. The van der Waals surface area contributed by atoms with Crippen LogP contribution in [0.3, 0.4) is 0 Å². The first-order chi connectivity index (χ1) is 6.41. The van der Waals surface area contributed by atoms with Crippen LogP contribution in [0.25, 0.3) is 0 Å². The van der Waals surface area contributed by atoms with Gasteiger partial charge in [0.15, 0.2) is 0 Å². The Hall–Kier alpha value is 0.350. The van der Waals surface area contributed by atoms with Crippen molar-refractivity contribution >= 4 is 11.8 Å². The number of unbranched alkanes of at least 4 members (excludes halogenated alkanes) is 6. The molecule has 79 valence electrons. The molecule has 0 aliphatic carbocycles. The van der Waals surface area contributed by atoms with Gasteiger partial charge in [0, 0.05) is 0 Å². The van der Waals surface area contributed by atoms with Gasteiger partial charge < -0.3 is 0 Å². The second-order valence-electron chi connectivity index (χ2n) is 3.59. The van der Waals surface area contributed by atoms with Gasteiger partial charge in [-0.25, -0.2) is 0 Å². The lowest BCUT2D eigenvalue weighted by Gasteiger charge is -2.00. The second kappa shape index (κ2) is 12.3. The summed E-state index contributed by atoms with van der Waals surface area (Å²) in [6.07, 6.45) is 10.9. The van der Waals surface area contributed by atoms with Gasteiger partial charge >= 0.3 is 0 Å². The lowest BCUT2D eigenvalue weighted by atomic mass is 10.2. The van der Waals surface area contributed by atoms with E-state index in [-0.39, 0.29) is 0 Å². The van der Waals surface area contributed by atoms with E-state index in [9.17, 15) is 0 Å². The molecule has 0 N–H and O–H groups in total. The van der Waals surface area contributed by atoms with Gasteiger partial charge in [0.25, 0.3) is 0 Å². The van der Waals surface area contributed by atoms with E-state index in [1.54, 1.807) is 0 Å². The molecule has 0 aromatic rings. The van der Waals surface area contributed by atoms with Gasteiger partial charge in [-0.3, -0.25) is 0 Å². The molecule has 0 heterocycles. The fourth-order valence-electron chi connectivity index (χ4n) is 1.29. The van der Waals surface area contributed by atoms with Gasteiger partial charge in [-0.2, -0.15) is 11.8 Å². The molecule has 0 bridgehead atoms. The van der Waals surface area contributed by atoms with Gasteiger partial charge in [0.2, 0.25) is 0 Å². The van der Waals surface area contributed by atoms with E-state index in [0.717, 1.165) is 6.42 Å². The third kappa shape index (κ3) is 12.4. The number of hydrogen-bond acceptors (Lipinski definition) is 1. The molecule has 13 heavy (non-hydrogen) atoms. The topological polar surface area (TPSA) is 0 Å². The van der Waals surface area contributed by atoms with E-state index in [1.807, 2.05) is 0 Å². The van der Waals surface area contributed by atoms with Crippen LogP contribution in [0.1, 0.15) is 58.3 Å². The van der Waals surface area contributed by atoms with Crippen molar-refractivity contribution in [2.45, 2.75) is 58.3 Å². The Kier molecular flexibility index (Phi) is 12.7. The summed E-state index contributed by atoms with van der Waals surface area (Å²) < 4.78 is 0. The fraction of sp³-hybridized carbons (Fsp3) is 0.917. The van der Waals surface area contributed by atoms with Crippen molar-refractivity contribution in [3.05, 3.63) is 6.92 Å². The first kappa shape index (κ1) is 13.4. The molecule has 0 aliphatic heterocycles. The average Bonchev–Trinajstić information content (AvgIpc) is 2.16. The predicted octanol–water partition coefficient (Wildman–Crippen LogP) is 4.69. The molecule has 0 spiro atoms. The zero-order chi connectivity index (χ0) is 9.78. The van der Waals surface area contributed by atoms with Crippen LogP contribution in [0, 0.1) is 6.92 Å². The van der Waals surface area contributed by atoms with Gasteiger partial charge in [-0.1, -0.05) is 52.4 Å². The Labute approximate surface area is 88.9 Å². The van der Waals surface area contributed by atoms with Crippen LogP contribution in [0.2, 0.25) is 0 Å². The minimum atomic E-state index is 1.11. The van der Waals surface area contributed by atoms with Crippen LogP contribution in [-0.4, -0.2) is 11.5 Å². The highest BCUT2D eigenvalue weighted by atomic mass is 32.2. The molecule has 1 radical (unpaired) electrons. The standard InChI is InChI=1S/C12H25S/c1-3-5-7-8-10-12-13-11-9-6-4-2/h2-12H2,1H3. The molecule has 1 heteroatoms. The predicted molar refractivity (Wildman–Crippen MR) is 65.3 cm³/mol. The molecule has 0 aliphatic rings. The van der Waals surface area contributed by atoms with E-state index in [2.05, 4.69) is 25.6 Å². The average molecular weight is 201 g/mol. The highest BCUT2D eigenvalue weighted by molar-refractivity contribution is 7.99. The second-order valence-corrected chi connectivity index (χ2v) is 4.81. The zero-order valence-corrected chi connectivity index (χ0v) is 10.0. The van der Waals surface area contributed by atoms with Crippen LogP contribution in [0.4, 0.5) is 0 Å². The normalized spacial score (nSPS) is 10.6. The van der Waals surface area contributed by atoms with Crippen LogP contribution in [-0.2, 0) is 0 Å². The third-order valence-corrected chi connectivity index (χ3v) is 3.34. The van der Waals surface area contributed by atoms with E-state index < -0.39 is 0 Å².